The van der Waals surface area contributed by atoms with Crippen LogP contribution in [0.15, 0.2) is 55.0 Å². The number of carbonyl (C=O) groups is 3. The van der Waals surface area contributed by atoms with Gasteiger partial charge in [-0.25, -0.2) is 4.98 Å². The quantitative estimate of drug-likeness (QED) is 0.212. The first-order chi connectivity index (χ1) is 22.4. The number of pyridine rings is 1. The van der Waals surface area contributed by atoms with Gasteiger partial charge in [0.2, 0.25) is 11.8 Å². The minimum Gasteiger partial charge on any atom is -0.364 e. The van der Waals surface area contributed by atoms with E-state index in [0.717, 1.165) is 29.9 Å². The number of halogens is 1. The smallest absolute Gasteiger partial charge is 0.269 e. The average Bonchev–Trinajstić information content (AvgIpc) is 3.65. The lowest BCUT2D eigenvalue weighted by Crippen LogP contribution is -2.47. The molecule has 0 bridgehead atoms. The number of carbonyl (C=O) groups excluding carboxylic acids is 3. The number of nitrogens with two attached hydrogens (primary N) is 1. The van der Waals surface area contributed by atoms with E-state index in [1.165, 1.54) is 36.8 Å². The Balaban J connectivity index is 1.08. The number of nitrogens with one attached hydrogen (secondary N) is 1. The van der Waals surface area contributed by atoms with Crippen LogP contribution in [0.5, 0.6) is 0 Å². The molecule has 0 spiro atoms. The lowest BCUT2D eigenvalue weighted by Gasteiger charge is -2.44. The number of hydrogen-bond acceptors (Lipinski definition) is 8. The van der Waals surface area contributed by atoms with E-state index in [2.05, 4.69) is 53.1 Å². The van der Waals surface area contributed by atoms with Crippen LogP contribution in [0.2, 0.25) is 0 Å². The fraction of sp³-hybridized carbons (Fsp3) is 0.424. The number of primary amides is 1. The zero-order valence-corrected chi connectivity index (χ0v) is 27.5. The Morgan fingerprint density at radius 3 is 2.65 bits per heavy atom. The summed E-state index contributed by atoms with van der Waals surface area (Å²) in [7, 11) is 0. The summed E-state index contributed by atoms with van der Waals surface area (Å²) in [4.78, 5) is 48.5. The molecule has 2 aliphatic heterocycles. The Labute approximate surface area is 280 Å². The van der Waals surface area contributed by atoms with Crippen LogP contribution < -0.4 is 16.0 Å². The summed E-state index contributed by atoms with van der Waals surface area (Å²) >= 11 is 2.30. The van der Waals surface area contributed by atoms with Crippen molar-refractivity contribution < 1.29 is 14.4 Å². The van der Waals surface area contributed by atoms with E-state index >= 15 is 0 Å². The third kappa shape index (κ3) is 6.04. The number of fused-ring (bicyclic) bond motifs is 2. The summed E-state index contributed by atoms with van der Waals surface area (Å²) in [5.41, 5.74) is 8.69. The summed E-state index contributed by atoms with van der Waals surface area (Å²) in [6.07, 6.45) is 13.0. The van der Waals surface area contributed by atoms with Gasteiger partial charge >= 0.3 is 0 Å². The Hall–Kier alpha value is -4.14. The predicted molar refractivity (Wildman–Crippen MR) is 182 cm³/mol. The number of amides is 3. The zero-order chi connectivity index (χ0) is 31.8. The molecule has 4 unspecified atom stereocenters. The number of hydrogen-bond donors (Lipinski definition) is 2. The van der Waals surface area contributed by atoms with Gasteiger partial charge in [-0.3, -0.25) is 19.1 Å². The van der Waals surface area contributed by atoms with Crippen molar-refractivity contribution in [2.45, 2.75) is 67.5 Å². The third-order valence-corrected chi connectivity index (χ3v) is 10.5. The second-order valence-corrected chi connectivity index (χ2v) is 14.2. The summed E-state index contributed by atoms with van der Waals surface area (Å²) < 4.78 is 1.61. The Kier molecular flexibility index (Phi) is 8.58. The summed E-state index contributed by atoms with van der Waals surface area (Å²) in [5, 5.41) is 15.8. The summed E-state index contributed by atoms with van der Waals surface area (Å²) in [5.74, 6) is 0.451. The van der Waals surface area contributed by atoms with E-state index < -0.39 is 11.9 Å². The highest BCUT2D eigenvalue weighted by atomic mass is 127. The molecular formula is C33H36IN9O3. The molecule has 3 fully saturated rings. The van der Waals surface area contributed by atoms with Gasteiger partial charge in [0.05, 0.1) is 17.9 Å². The maximum absolute atomic E-state index is 13.8. The van der Waals surface area contributed by atoms with E-state index in [1.54, 1.807) is 23.5 Å². The van der Waals surface area contributed by atoms with E-state index in [4.69, 9.17) is 5.73 Å². The number of benzene rings is 1. The average molecular weight is 734 g/mol. The molecule has 3 amide bonds. The number of alkyl halides is 1. The SMILES string of the molecule is NC(=O)c1nn(CC(=O)N2CC(I)CC2C(=O)Nc2ccnc(N3CCCC4CCCCC43)c2)c2ccc(-c3ccnnc3)cc12. The first-order valence-electron chi connectivity index (χ1n) is 15.9. The van der Waals surface area contributed by atoms with Crippen LogP contribution in [0.25, 0.3) is 22.0 Å². The van der Waals surface area contributed by atoms with Crippen molar-refractivity contribution in [2.24, 2.45) is 11.7 Å². The molecule has 12 nitrogen and oxygen atoms in total. The standard InChI is InChI=1S/C33H36IN9O3/c34-23-15-28(33(46)39-24-10-11-36-29(16-24)41-13-3-5-20-4-1-2-6-26(20)41)42(18-23)30(44)19-43-27-8-7-21(22-9-12-37-38-17-22)14-25(27)31(40-43)32(35)45/h7-12,14,16-17,20,23,26,28H,1-6,13,15,18-19H2,(H2,35,45)(H,36,39,46). The molecular weight excluding hydrogens is 697 g/mol. The van der Waals surface area contributed by atoms with Crippen LogP contribution in [0, 0.1) is 5.92 Å². The lowest BCUT2D eigenvalue weighted by molar-refractivity contribution is -0.137. The molecule has 3 aromatic heterocycles. The van der Waals surface area contributed by atoms with E-state index in [-0.39, 0.29) is 28.0 Å². The number of piperidine rings is 1. The van der Waals surface area contributed by atoms with E-state index in [0.29, 0.717) is 41.5 Å². The maximum atomic E-state index is 13.8. The minimum atomic E-state index is -0.688. The second-order valence-electron chi connectivity index (χ2n) is 12.5. The number of nitrogens with zero attached hydrogens (tertiary/aromatic N) is 7. The molecule has 4 atom stereocenters. The van der Waals surface area contributed by atoms with Crippen LogP contribution in [-0.4, -0.2) is 76.7 Å². The normalized spacial score (nSPS) is 22.9. The van der Waals surface area contributed by atoms with Crippen molar-refractivity contribution in [1.29, 1.82) is 0 Å². The number of anilines is 2. The largest absolute Gasteiger partial charge is 0.364 e. The first kappa shape index (κ1) is 30.5. The molecule has 4 aromatic rings. The number of aromatic nitrogens is 5. The van der Waals surface area contributed by atoms with E-state index in [1.807, 2.05) is 36.4 Å². The molecule has 2 saturated heterocycles. The molecule has 1 aliphatic carbocycles. The van der Waals surface area contributed by atoms with Crippen molar-refractivity contribution >= 4 is 62.7 Å². The Morgan fingerprint density at radius 1 is 0.978 bits per heavy atom. The Bertz CT molecular complexity index is 1780. The molecule has 5 heterocycles. The molecule has 46 heavy (non-hydrogen) atoms. The molecule has 3 N–H and O–H groups in total. The zero-order valence-electron chi connectivity index (χ0n) is 25.4. The van der Waals surface area contributed by atoms with E-state index in [9.17, 15) is 14.4 Å². The molecule has 7 rings (SSSR count). The molecule has 13 heteroatoms. The molecule has 238 valence electrons. The molecule has 1 aromatic carbocycles. The fourth-order valence-corrected chi connectivity index (χ4v) is 8.34. The molecule has 0 radical (unpaired) electrons. The van der Waals surface area contributed by atoms with Crippen molar-refractivity contribution in [3.63, 3.8) is 0 Å². The van der Waals surface area contributed by atoms with Gasteiger partial charge in [0, 0.05) is 52.0 Å². The molecule has 3 aliphatic rings. The highest BCUT2D eigenvalue weighted by molar-refractivity contribution is 14.1. The van der Waals surface area contributed by atoms with Gasteiger partial charge in [-0.2, -0.15) is 15.3 Å². The third-order valence-electron chi connectivity index (χ3n) is 9.61. The van der Waals surface area contributed by atoms with Crippen LogP contribution in [0.1, 0.15) is 55.4 Å². The van der Waals surface area contributed by atoms with Crippen LogP contribution in [-0.2, 0) is 16.1 Å². The van der Waals surface area contributed by atoms with Crippen molar-refractivity contribution in [3.05, 3.63) is 60.7 Å². The van der Waals surface area contributed by atoms with Crippen LogP contribution >= 0.6 is 22.6 Å². The summed E-state index contributed by atoms with van der Waals surface area (Å²) in [6.45, 7) is 1.29. The highest BCUT2D eigenvalue weighted by Crippen LogP contribution is 2.38. The van der Waals surface area contributed by atoms with Gasteiger partial charge in [-0.1, -0.05) is 41.5 Å². The van der Waals surface area contributed by atoms with Crippen molar-refractivity contribution in [3.8, 4) is 11.1 Å². The summed E-state index contributed by atoms with van der Waals surface area (Å²) in [6, 6.07) is 11.0. The highest BCUT2D eigenvalue weighted by Gasteiger charge is 2.39. The van der Waals surface area contributed by atoms with Crippen molar-refractivity contribution in [1.82, 2.24) is 29.9 Å². The van der Waals surface area contributed by atoms with Gasteiger partial charge in [-0.15, -0.1) is 0 Å². The predicted octanol–water partition coefficient (Wildman–Crippen LogP) is 4.19. The molecule has 1 saturated carbocycles. The topological polar surface area (TPSA) is 152 Å². The van der Waals surface area contributed by atoms with Gasteiger partial charge in [-0.05, 0) is 67.9 Å². The Morgan fingerprint density at radius 2 is 1.83 bits per heavy atom. The number of likely N-dealkylation sites (tertiary alicyclic amines) is 1. The van der Waals surface area contributed by atoms with Crippen LogP contribution in [0.4, 0.5) is 11.5 Å². The lowest BCUT2D eigenvalue weighted by atomic mass is 9.78. The van der Waals surface area contributed by atoms with Gasteiger partial charge in [0.1, 0.15) is 18.4 Å². The maximum Gasteiger partial charge on any atom is 0.269 e. The van der Waals surface area contributed by atoms with Gasteiger partial charge in [0.25, 0.3) is 5.91 Å². The number of rotatable bonds is 7. The van der Waals surface area contributed by atoms with Gasteiger partial charge < -0.3 is 20.9 Å². The monoisotopic (exact) mass is 733 g/mol. The van der Waals surface area contributed by atoms with Crippen LogP contribution in [0.3, 0.4) is 0 Å². The van der Waals surface area contributed by atoms with Crippen molar-refractivity contribution in [2.75, 3.05) is 23.3 Å². The fourth-order valence-electron chi connectivity index (χ4n) is 7.44. The minimum absolute atomic E-state index is 0.0795. The second kappa shape index (κ2) is 12.9. The first-order valence-corrected chi connectivity index (χ1v) is 17.1. The van der Waals surface area contributed by atoms with Gasteiger partial charge in [0.15, 0.2) is 5.69 Å².